The number of nitrogens with one attached hydrogen (secondary N) is 2. The number of anilines is 1. The molecular weight excluding hydrogens is 463 g/mol. The maximum absolute atomic E-state index is 14.5. The number of carbonyl (C=O) groups is 2. The number of carbonyl (C=O) groups excluding carboxylic acids is 2. The summed E-state index contributed by atoms with van der Waals surface area (Å²) in [6.45, 7) is 0.692. The van der Waals surface area contributed by atoms with Crippen LogP contribution in [0.4, 0.5) is 14.9 Å². The Hall–Kier alpha value is -4.43. The van der Waals surface area contributed by atoms with Gasteiger partial charge in [0.2, 0.25) is 0 Å². The van der Waals surface area contributed by atoms with Gasteiger partial charge in [0.05, 0.1) is 52.0 Å². The zero-order chi connectivity index (χ0) is 24.0. The molecule has 12 heteroatoms. The fourth-order valence-electron chi connectivity index (χ4n) is 3.98. The van der Waals surface area contributed by atoms with Gasteiger partial charge in [0, 0.05) is 17.8 Å². The SMILES string of the molecule is N#Cc1ccc(NC(=O)N2CCn3nc(-c4cc(F)c5cn[nH]c5c4)c(C(N)=O)c3C2)cc1Cl. The molecular formula is C22H16ClFN8O2. The van der Waals surface area contributed by atoms with Gasteiger partial charge in [-0.3, -0.25) is 14.6 Å². The van der Waals surface area contributed by atoms with Gasteiger partial charge in [-0.1, -0.05) is 11.6 Å². The van der Waals surface area contributed by atoms with E-state index >= 15 is 0 Å². The number of halogens is 2. The Bertz CT molecular complexity index is 1520. The van der Waals surface area contributed by atoms with Gasteiger partial charge in [0.25, 0.3) is 5.91 Å². The van der Waals surface area contributed by atoms with Crippen LogP contribution in [0.15, 0.2) is 36.5 Å². The topological polar surface area (TPSA) is 146 Å². The Morgan fingerprint density at radius 1 is 1.26 bits per heavy atom. The molecule has 0 saturated heterocycles. The maximum atomic E-state index is 14.5. The molecule has 0 atom stereocenters. The van der Waals surface area contributed by atoms with Crippen LogP contribution in [0.3, 0.4) is 0 Å². The van der Waals surface area contributed by atoms with E-state index in [4.69, 9.17) is 22.6 Å². The van der Waals surface area contributed by atoms with Crippen LogP contribution in [0.2, 0.25) is 5.02 Å². The molecule has 4 N–H and O–H groups in total. The van der Waals surface area contributed by atoms with Crippen LogP contribution in [0.25, 0.3) is 22.2 Å². The van der Waals surface area contributed by atoms with E-state index in [2.05, 4.69) is 20.6 Å². The van der Waals surface area contributed by atoms with Crippen LogP contribution in [0.5, 0.6) is 0 Å². The summed E-state index contributed by atoms with van der Waals surface area (Å²) in [6, 6.07) is 9.02. The molecule has 2 aromatic heterocycles. The highest BCUT2D eigenvalue weighted by atomic mass is 35.5. The molecule has 170 valence electrons. The van der Waals surface area contributed by atoms with E-state index in [9.17, 15) is 14.0 Å². The summed E-state index contributed by atoms with van der Waals surface area (Å²) in [5.74, 6) is -1.24. The van der Waals surface area contributed by atoms with Crippen molar-refractivity contribution in [2.45, 2.75) is 13.1 Å². The predicted octanol–water partition coefficient (Wildman–Crippen LogP) is 3.24. The maximum Gasteiger partial charge on any atom is 0.322 e. The van der Waals surface area contributed by atoms with Crippen LogP contribution in [0.1, 0.15) is 21.6 Å². The number of aromatic amines is 1. The predicted molar refractivity (Wildman–Crippen MR) is 121 cm³/mol. The third kappa shape index (κ3) is 3.60. The van der Waals surface area contributed by atoms with Gasteiger partial charge in [-0.25, -0.2) is 9.18 Å². The molecule has 0 bridgehead atoms. The van der Waals surface area contributed by atoms with E-state index in [1.165, 1.54) is 29.3 Å². The van der Waals surface area contributed by atoms with Crippen molar-refractivity contribution in [3.05, 3.63) is 64.2 Å². The molecule has 3 amide bonds. The van der Waals surface area contributed by atoms with Crippen molar-refractivity contribution in [1.29, 1.82) is 5.26 Å². The summed E-state index contributed by atoms with van der Waals surface area (Å²) in [4.78, 5) is 26.7. The Morgan fingerprint density at radius 3 is 2.82 bits per heavy atom. The molecule has 4 aromatic rings. The first-order valence-electron chi connectivity index (χ1n) is 10.1. The number of nitrogens with zero attached hydrogens (tertiary/aromatic N) is 5. The first-order chi connectivity index (χ1) is 16.4. The summed E-state index contributed by atoms with van der Waals surface area (Å²) in [7, 11) is 0. The fraction of sp³-hybridized carbons (Fsp3) is 0.136. The number of urea groups is 1. The number of benzene rings is 2. The molecule has 0 radical (unpaired) electrons. The van der Waals surface area contributed by atoms with Crippen LogP contribution in [-0.4, -0.2) is 43.4 Å². The molecule has 0 aliphatic carbocycles. The quantitative estimate of drug-likeness (QED) is 0.413. The number of aromatic nitrogens is 4. The van der Waals surface area contributed by atoms with Crippen molar-refractivity contribution in [2.24, 2.45) is 5.73 Å². The number of nitrogens with two attached hydrogens (primary N) is 1. The molecule has 34 heavy (non-hydrogen) atoms. The molecule has 5 rings (SSSR count). The second-order valence-corrected chi connectivity index (χ2v) is 8.11. The molecule has 1 aliphatic rings. The van der Waals surface area contributed by atoms with Crippen LogP contribution < -0.4 is 11.1 Å². The van der Waals surface area contributed by atoms with Gasteiger partial charge in [-0.05, 0) is 30.3 Å². The molecule has 0 spiro atoms. The Morgan fingerprint density at radius 2 is 2.09 bits per heavy atom. The average Bonchev–Trinajstić information content (AvgIpc) is 3.43. The van der Waals surface area contributed by atoms with Crippen LogP contribution >= 0.6 is 11.6 Å². The lowest BCUT2D eigenvalue weighted by Gasteiger charge is -2.28. The molecule has 1 aliphatic heterocycles. The van der Waals surface area contributed by atoms with Gasteiger partial charge in [0.1, 0.15) is 17.6 Å². The van der Waals surface area contributed by atoms with E-state index in [0.717, 1.165) is 0 Å². The van der Waals surface area contributed by atoms with Crippen molar-refractivity contribution >= 4 is 40.1 Å². The van der Waals surface area contributed by atoms with Crippen LogP contribution in [-0.2, 0) is 13.1 Å². The Kier molecular flexibility index (Phi) is 5.14. The highest BCUT2D eigenvalue weighted by Crippen LogP contribution is 2.31. The minimum Gasteiger partial charge on any atom is -0.365 e. The van der Waals surface area contributed by atoms with Crippen molar-refractivity contribution in [3.8, 4) is 17.3 Å². The summed E-state index contributed by atoms with van der Waals surface area (Å²) in [5.41, 5.74) is 8.03. The standard InChI is InChI=1S/C22H16ClFN8O2/c23-15-7-13(2-1-11(15)8-25)28-22(34)31-3-4-32-18(10-31)19(21(26)33)20(30-32)12-5-16(24)14-9-27-29-17(14)6-12/h1-2,5-7,9H,3-4,10H2,(H2,26,33)(H,27,29)(H,28,34). The van der Waals surface area contributed by atoms with E-state index in [1.807, 2.05) is 6.07 Å². The number of primary amides is 1. The highest BCUT2D eigenvalue weighted by Gasteiger charge is 2.30. The highest BCUT2D eigenvalue weighted by molar-refractivity contribution is 6.32. The van der Waals surface area contributed by atoms with Gasteiger partial charge in [0.15, 0.2) is 0 Å². The van der Waals surface area contributed by atoms with Crippen molar-refractivity contribution in [1.82, 2.24) is 24.9 Å². The average molecular weight is 479 g/mol. The molecule has 10 nitrogen and oxygen atoms in total. The third-order valence-corrected chi connectivity index (χ3v) is 5.95. The number of fused-ring (bicyclic) bond motifs is 2. The lowest BCUT2D eigenvalue weighted by atomic mass is 10.0. The number of hydrogen-bond acceptors (Lipinski definition) is 5. The third-order valence-electron chi connectivity index (χ3n) is 5.64. The minimum absolute atomic E-state index is 0.0654. The molecule has 0 saturated carbocycles. The molecule has 3 heterocycles. The van der Waals surface area contributed by atoms with E-state index in [1.54, 1.807) is 16.8 Å². The van der Waals surface area contributed by atoms with E-state index in [0.29, 0.717) is 46.5 Å². The van der Waals surface area contributed by atoms with Crippen molar-refractivity contribution < 1.29 is 14.0 Å². The summed E-state index contributed by atoms with van der Waals surface area (Å²) in [6.07, 6.45) is 1.37. The second kappa shape index (κ2) is 8.17. The zero-order valence-corrected chi connectivity index (χ0v) is 18.2. The van der Waals surface area contributed by atoms with E-state index in [-0.39, 0.29) is 22.8 Å². The van der Waals surface area contributed by atoms with Gasteiger partial charge < -0.3 is 16.0 Å². The van der Waals surface area contributed by atoms with E-state index < -0.39 is 17.8 Å². The Balaban J connectivity index is 1.46. The molecule has 2 aromatic carbocycles. The van der Waals surface area contributed by atoms with Crippen molar-refractivity contribution in [2.75, 3.05) is 11.9 Å². The first-order valence-corrected chi connectivity index (χ1v) is 10.5. The van der Waals surface area contributed by atoms with Gasteiger partial charge in [-0.15, -0.1) is 0 Å². The second-order valence-electron chi connectivity index (χ2n) is 7.71. The number of nitriles is 1. The Labute approximate surface area is 196 Å². The lowest BCUT2D eigenvalue weighted by Crippen LogP contribution is -2.41. The molecule has 0 unspecified atom stereocenters. The number of H-pyrrole nitrogens is 1. The van der Waals surface area contributed by atoms with Crippen molar-refractivity contribution in [3.63, 3.8) is 0 Å². The number of amides is 3. The van der Waals surface area contributed by atoms with Crippen LogP contribution in [0, 0.1) is 17.1 Å². The lowest BCUT2D eigenvalue weighted by molar-refractivity contribution is 0.0997. The minimum atomic E-state index is -0.734. The smallest absolute Gasteiger partial charge is 0.322 e. The zero-order valence-electron chi connectivity index (χ0n) is 17.5. The number of hydrogen-bond donors (Lipinski definition) is 3. The summed E-state index contributed by atoms with van der Waals surface area (Å²) < 4.78 is 16.1. The largest absolute Gasteiger partial charge is 0.365 e. The molecule has 0 fully saturated rings. The summed E-state index contributed by atoms with van der Waals surface area (Å²) >= 11 is 6.04. The number of rotatable bonds is 3. The summed E-state index contributed by atoms with van der Waals surface area (Å²) in [5, 5.41) is 23.3. The first kappa shape index (κ1) is 21.4. The van der Waals surface area contributed by atoms with Gasteiger partial charge in [-0.2, -0.15) is 15.5 Å². The van der Waals surface area contributed by atoms with Gasteiger partial charge >= 0.3 is 6.03 Å². The fourth-order valence-corrected chi connectivity index (χ4v) is 4.21. The monoisotopic (exact) mass is 478 g/mol. The normalized spacial score (nSPS) is 12.9.